The summed E-state index contributed by atoms with van der Waals surface area (Å²) >= 11 is 1.42. The molecular formula is C18H19N3OS. The van der Waals surface area contributed by atoms with E-state index in [1.54, 1.807) is 0 Å². The van der Waals surface area contributed by atoms with Crippen molar-refractivity contribution in [2.24, 2.45) is 0 Å². The number of nitrogens with zero attached hydrogens (tertiary/aromatic N) is 1. The molecule has 5 heteroatoms. The predicted octanol–water partition coefficient (Wildman–Crippen LogP) is 3.59. The Morgan fingerprint density at radius 3 is 2.65 bits per heavy atom. The van der Waals surface area contributed by atoms with Gasteiger partial charge in [-0.25, -0.2) is 4.98 Å². The Kier molecular flexibility index (Phi) is 4.67. The van der Waals surface area contributed by atoms with Crippen molar-refractivity contribution in [2.45, 2.75) is 25.5 Å². The molecule has 3 rings (SSSR count). The van der Waals surface area contributed by atoms with Crippen LogP contribution >= 0.6 is 11.8 Å². The van der Waals surface area contributed by atoms with Crippen LogP contribution in [0.15, 0.2) is 47.6 Å². The Morgan fingerprint density at radius 2 is 1.87 bits per heavy atom. The van der Waals surface area contributed by atoms with E-state index in [4.69, 9.17) is 0 Å². The number of amides is 1. The molecule has 118 valence electrons. The van der Waals surface area contributed by atoms with E-state index < -0.39 is 0 Å². The van der Waals surface area contributed by atoms with Crippen LogP contribution in [-0.2, 0) is 11.3 Å². The van der Waals surface area contributed by atoms with E-state index in [-0.39, 0.29) is 5.91 Å². The molecule has 0 aliphatic heterocycles. The molecule has 2 N–H and O–H groups in total. The maximum absolute atomic E-state index is 12.0. The monoisotopic (exact) mass is 325 g/mol. The molecule has 0 unspecified atom stereocenters. The van der Waals surface area contributed by atoms with Crippen molar-refractivity contribution in [3.63, 3.8) is 0 Å². The zero-order chi connectivity index (χ0) is 16.2. The Hall–Kier alpha value is -2.27. The van der Waals surface area contributed by atoms with Crippen LogP contribution in [0.3, 0.4) is 0 Å². The number of imidazole rings is 1. The van der Waals surface area contributed by atoms with Crippen LogP contribution in [-0.4, -0.2) is 21.6 Å². The smallest absolute Gasteiger partial charge is 0.230 e. The van der Waals surface area contributed by atoms with E-state index in [0.717, 1.165) is 21.8 Å². The van der Waals surface area contributed by atoms with Crippen molar-refractivity contribution >= 4 is 28.7 Å². The maximum Gasteiger partial charge on any atom is 0.230 e. The Bertz CT molecular complexity index is 824. The third-order valence-electron chi connectivity index (χ3n) is 3.57. The SMILES string of the molecule is Cc1ccc(CNC(=O)CSc2nc3ccc(C)cc3[nH]2)cc1. The number of hydrogen-bond donors (Lipinski definition) is 2. The quantitative estimate of drug-likeness (QED) is 0.705. The van der Waals surface area contributed by atoms with Crippen LogP contribution in [0, 0.1) is 13.8 Å². The second kappa shape index (κ2) is 6.87. The normalized spacial score (nSPS) is 10.9. The first-order chi connectivity index (χ1) is 11.1. The average Bonchev–Trinajstić information content (AvgIpc) is 2.94. The summed E-state index contributed by atoms with van der Waals surface area (Å²) in [6.45, 7) is 4.65. The molecule has 2 aromatic carbocycles. The van der Waals surface area contributed by atoms with Crippen LogP contribution in [0.1, 0.15) is 16.7 Å². The number of aromatic nitrogens is 2. The molecule has 0 aliphatic carbocycles. The van der Waals surface area contributed by atoms with Crippen LogP contribution in [0.5, 0.6) is 0 Å². The number of rotatable bonds is 5. The fraction of sp³-hybridized carbons (Fsp3) is 0.222. The number of fused-ring (bicyclic) bond motifs is 1. The van der Waals surface area contributed by atoms with Gasteiger partial charge < -0.3 is 10.3 Å². The standard InChI is InChI=1S/C18H19N3OS/c1-12-3-6-14(7-4-12)10-19-17(22)11-23-18-20-15-8-5-13(2)9-16(15)21-18/h3-9H,10-11H2,1-2H3,(H,19,22)(H,20,21). The van der Waals surface area contributed by atoms with Gasteiger partial charge in [0.2, 0.25) is 5.91 Å². The molecule has 1 aromatic heterocycles. The van der Waals surface area contributed by atoms with Crippen molar-refractivity contribution in [1.82, 2.24) is 15.3 Å². The number of benzene rings is 2. The highest BCUT2D eigenvalue weighted by Crippen LogP contribution is 2.20. The van der Waals surface area contributed by atoms with Crippen LogP contribution in [0.25, 0.3) is 11.0 Å². The summed E-state index contributed by atoms with van der Waals surface area (Å²) in [5.41, 5.74) is 5.45. The van der Waals surface area contributed by atoms with Gasteiger partial charge in [-0.1, -0.05) is 47.7 Å². The number of hydrogen-bond acceptors (Lipinski definition) is 3. The van der Waals surface area contributed by atoms with Gasteiger partial charge in [-0.2, -0.15) is 0 Å². The van der Waals surface area contributed by atoms with Crippen LogP contribution < -0.4 is 5.32 Å². The zero-order valence-electron chi connectivity index (χ0n) is 13.2. The molecule has 0 aliphatic rings. The average molecular weight is 325 g/mol. The van der Waals surface area contributed by atoms with Gasteiger partial charge in [-0.15, -0.1) is 0 Å². The second-order valence-electron chi connectivity index (χ2n) is 5.61. The summed E-state index contributed by atoms with van der Waals surface area (Å²) in [6.07, 6.45) is 0. The molecule has 1 heterocycles. The Morgan fingerprint density at radius 1 is 1.13 bits per heavy atom. The molecule has 23 heavy (non-hydrogen) atoms. The van der Waals surface area contributed by atoms with Gasteiger partial charge >= 0.3 is 0 Å². The molecule has 0 saturated carbocycles. The van der Waals surface area contributed by atoms with E-state index in [9.17, 15) is 4.79 Å². The minimum absolute atomic E-state index is 0.00668. The number of aryl methyl sites for hydroxylation is 2. The molecule has 0 radical (unpaired) electrons. The lowest BCUT2D eigenvalue weighted by atomic mass is 10.1. The first-order valence-electron chi connectivity index (χ1n) is 7.51. The number of carbonyl (C=O) groups excluding carboxylic acids is 1. The van der Waals surface area contributed by atoms with Gasteiger partial charge in [0, 0.05) is 6.54 Å². The topological polar surface area (TPSA) is 57.8 Å². The van der Waals surface area contributed by atoms with Gasteiger partial charge in [-0.3, -0.25) is 4.79 Å². The van der Waals surface area contributed by atoms with Gasteiger partial charge in [0.1, 0.15) is 0 Å². The molecule has 4 nitrogen and oxygen atoms in total. The number of carbonyl (C=O) groups is 1. The van der Waals surface area contributed by atoms with Crippen molar-refractivity contribution in [2.75, 3.05) is 5.75 Å². The van der Waals surface area contributed by atoms with E-state index in [2.05, 4.69) is 21.4 Å². The third-order valence-corrected chi connectivity index (χ3v) is 4.44. The molecular weight excluding hydrogens is 306 g/mol. The van der Waals surface area contributed by atoms with Crippen molar-refractivity contribution in [1.29, 1.82) is 0 Å². The lowest BCUT2D eigenvalue weighted by molar-refractivity contribution is -0.118. The van der Waals surface area contributed by atoms with Crippen LogP contribution in [0.4, 0.5) is 0 Å². The van der Waals surface area contributed by atoms with E-state index >= 15 is 0 Å². The summed E-state index contributed by atoms with van der Waals surface area (Å²) in [7, 11) is 0. The predicted molar refractivity (Wildman–Crippen MR) is 94.6 cm³/mol. The highest BCUT2D eigenvalue weighted by atomic mass is 32.2. The minimum Gasteiger partial charge on any atom is -0.351 e. The first-order valence-corrected chi connectivity index (χ1v) is 8.50. The van der Waals surface area contributed by atoms with E-state index in [0.29, 0.717) is 12.3 Å². The lowest BCUT2D eigenvalue weighted by Gasteiger charge is -2.04. The summed E-state index contributed by atoms with van der Waals surface area (Å²) in [6, 6.07) is 14.2. The number of H-pyrrole nitrogens is 1. The number of thioether (sulfide) groups is 1. The fourth-order valence-electron chi connectivity index (χ4n) is 2.26. The molecule has 1 amide bonds. The van der Waals surface area contributed by atoms with Crippen molar-refractivity contribution in [3.8, 4) is 0 Å². The molecule has 0 atom stereocenters. The zero-order valence-corrected chi connectivity index (χ0v) is 14.0. The maximum atomic E-state index is 12.0. The van der Waals surface area contributed by atoms with E-state index in [1.165, 1.54) is 22.9 Å². The molecule has 0 bridgehead atoms. The first kappa shape index (κ1) is 15.6. The number of aromatic amines is 1. The minimum atomic E-state index is 0.00668. The summed E-state index contributed by atoms with van der Waals surface area (Å²) in [5, 5.41) is 3.70. The van der Waals surface area contributed by atoms with Crippen molar-refractivity contribution < 1.29 is 4.79 Å². The number of nitrogens with one attached hydrogen (secondary N) is 2. The summed E-state index contributed by atoms with van der Waals surface area (Å²) < 4.78 is 0. The summed E-state index contributed by atoms with van der Waals surface area (Å²) in [5.74, 6) is 0.359. The molecule has 3 aromatic rings. The van der Waals surface area contributed by atoms with Crippen LogP contribution in [0.2, 0.25) is 0 Å². The van der Waals surface area contributed by atoms with Crippen molar-refractivity contribution in [3.05, 3.63) is 59.2 Å². The highest BCUT2D eigenvalue weighted by molar-refractivity contribution is 7.99. The van der Waals surface area contributed by atoms with E-state index in [1.807, 2.05) is 50.2 Å². The largest absolute Gasteiger partial charge is 0.351 e. The Balaban J connectivity index is 1.52. The van der Waals surface area contributed by atoms with Gasteiger partial charge in [-0.05, 0) is 37.1 Å². The molecule has 0 spiro atoms. The fourth-order valence-corrected chi connectivity index (χ4v) is 2.97. The third kappa shape index (κ3) is 4.13. The molecule has 0 fully saturated rings. The summed E-state index contributed by atoms with van der Waals surface area (Å²) in [4.78, 5) is 19.7. The highest BCUT2D eigenvalue weighted by Gasteiger charge is 2.07. The molecule has 0 saturated heterocycles. The van der Waals surface area contributed by atoms with Gasteiger partial charge in [0.15, 0.2) is 5.16 Å². The van der Waals surface area contributed by atoms with Gasteiger partial charge in [0.05, 0.1) is 16.8 Å². The second-order valence-corrected chi connectivity index (χ2v) is 6.58. The Labute approximate surface area is 139 Å². The van der Waals surface area contributed by atoms with Gasteiger partial charge in [0.25, 0.3) is 0 Å². The lowest BCUT2D eigenvalue weighted by Crippen LogP contribution is -2.24.